The number of rotatable bonds is 5. The topological polar surface area (TPSA) is 97.5 Å². The van der Waals surface area contributed by atoms with E-state index in [1.165, 1.54) is 6.08 Å². The van der Waals surface area contributed by atoms with Gasteiger partial charge in [-0.2, -0.15) is 0 Å². The minimum absolute atomic E-state index is 0.269. The van der Waals surface area contributed by atoms with Crippen LogP contribution in [0.5, 0.6) is 0 Å². The van der Waals surface area contributed by atoms with Crippen molar-refractivity contribution >= 4 is 34.6 Å². The van der Waals surface area contributed by atoms with Gasteiger partial charge in [0.25, 0.3) is 5.56 Å². The highest BCUT2D eigenvalue weighted by atomic mass is 16.5. The SMILES string of the molecule is CCOC(=O)/C=C/c1ccc2[nH]c(=O)c3c(c2c1)C(C(=O)OCC)CN3. The maximum Gasteiger partial charge on any atom is 0.330 e. The number of esters is 2. The van der Waals surface area contributed by atoms with Crippen LogP contribution < -0.4 is 10.9 Å². The predicted molar refractivity (Wildman–Crippen MR) is 98.1 cm³/mol. The Kier molecular flexibility index (Phi) is 5.06. The van der Waals surface area contributed by atoms with Crippen molar-refractivity contribution in [2.45, 2.75) is 19.8 Å². The van der Waals surface area contributed by atoms with E-state index in [2.05, 4.69) is 10.3 Å². The summed E-state index contributed by atoms with van der Waals surface area (Å²) in [6.45, 7) is 4.39. The van der Waals surface area contributed by atoms with Gasteiger partial charge in [-0.3, -0.25) is 9.59 Å². The van der Waals surface area contributed by atoms with Gasteiger partial charge in [-0.1, -0.05) is 6.07 Å². The molecule has 1 aliphatic heterocycles. The second-order valence-electron chi connectivity index (χ2n) is 5.82. The van der Waals surface area contributed by atoms with Crippen molar-refractivity contribution in [2.75, 3.05) is 25.1 Å². The Balaban J connectivity index is 2.07. The highest BCUT2D eigenvalue weighted by Crippen LogP contribution is 2.35. The Morgan fingerprint density at radius 3 is 2.73 bits per heavy atom. The Labute approximate surface area is 150 Å². The molecule has 1 aliphatic rings. The van der Waals surface area contributed by atoms with Gasteiger partial charge in [0.2, 0.25) is 0 Å². The maximum absolute atomic E-state index is 12.3. The number of pyridine rings is 1. The lowest BCUT2D eigenvalue weighted by Gasteiger charge is -2.12. The number of hydrogen-bond acceptors (Lipinski definition) is 6. The molecule has 2 heterocycles. The molecule has 0 fully saturated rings. The van der Waals surface area contributed by atoms with Crippen molar-refractivity contribution in [2.24, 2.45) is 0 Å². The van der Waals surface area contributed by atoms with Gasteiger partial charge in [0, 0.05) is 29.1 Å². The molecule has 0 radical (unpaired) electrons. The van der Waals surface area contributed by atoms with Crippen LogP contribution in [0.4, 0.5) is 5.69 Å². The number of aromatic amines is 1. The summed E-state index contributed by atoms with van der Waals surface area (Å²) in [5.74, 6) is -1.33. The minimum Gasteiger partial charge on any atom is -0.465 e. The summed E-state index contributed by atoms with van der Waals surface area (Å²) in [6, 6.07) is 5.36. The summed E-state index contributed by atoms with van der Waals surface area (Å²) >= 11 is 0. The normalized spacial score (nSPS) is 15.7. The number of anilines is 1. The van der Waals surface area contributed by atoms with E-state index in [4.69, 9.17) is 9.47 Å². The predicted octanol–water partition coefficient (Wildman–Crippen LogP) is 2.18. The molecule has 0 spiro atoms. The molecule has 26 heavy (non-hydrogen) atoms. The molecule has 0 saturated carbocycles. The fourth-order valence-corrected chi connectivity index (χ4v) is 3.08. The van der Waals surface area contributed by atoms with Crippen molar-refractivity contribution in [3.05, 3.63) is 45.8 Å². The van der Waals surface area contributed by atoms with Crippen LogP contribution in [0.2, 0.25) is 0 Å². The molecular weight excluding hydrogens is 336 g/mol. The average Bonchev–Trinajstić information content (AvgIpc) is 3.07. The Morgan fingerprint density at radius 2 is 2.00 bits per heavy atom. The first kappa shape index (κ1) is 17.7. The number of fused-ring (bicyclic) bond motifs is 3. The number of ether oxygens (including phenoxy) is 2. The molecule has 0 saturated heterocycles. The number of benzene rings is 1. The van der Waals surface area contributed by atoms with Gasteiger partial charge < -0.3 is 19.8 Å². The molecule has 0 amide bonds. The summed E-state index contributed by atoms with van der Waals surface area (Å²) in [7, 11) is 0. The van der Waals surface area contributed by atoms with E-state index < -0.39 is 11.9 Å². The van der Waals surface area contributed by atoms with E-state index in [0.717, 1.165) is 10.9 Å². The van der Waals surface area contributed by atoms with Crippen LogP contribution in [-0.4, -0.2) is 36.7 Å². The number of carbonyl (C=O) groups is 2. The number of H-pyrrole nitrogens is 1. The molecule has 3 rings (SSSR count). The third-order valence-electron chi connectivity index (χ3n) is 4.18. The van der Waals surface area contributed by atoms with E-state index in [1.807, 2.05) is 6.07 Å². The Hall–Kier alpha value is -3.09. The van der Waals surface area contributed by atoms with Crippen LogP contribution in [0.15, 0.2) is 29.1 Å². The van der Waals surface area contributed by atoms with Gasteiger partial charge in [0.1, 0.15) is 11.6 Å². The number of carbonyl (C=O) groups excluding carboxylic acids is 2. The van der Waals surface area contributed by atoms with Crippen molar-refractivity contribution in [3.63, 3.8) is 0 Å². The van der Waals surface area contributed by atoms with Crippen LogP contribution in [0.25, 0.3) is 17.0 Å². The third kappa shape index (κ3) is 3.33. The smallest absolute Gasteiger partial charge is 0.330 e. The van der Waals surface area contributed by atoms with Gasteiger partial charge in [-0.15, -0.1) is 0 Å². The second-order valence-corrected chi connectivity index (χ2v) is 5.82. The summed E-state index contributed by atoms with van der Waals surface area (Å²) in [4.78, 5) is 38.9. The number of aromatic nitrogens is 1. The molecule has 1 atom stereocenters. The highest BCUT2D eigenvalue weighted by Gasteiger charge is 2.33. The molecule has 7 nitrogen and oxygen atoms in total. The molecule has 0 aliphatic carbocycles. The second kappa shape index (κ2) is 7.43. The van der Waals surface area contributed by atoms with Gasteiger partial charge in [-0.05, 0) is 37.6 Å². The molecule has 1 aromatic heterocycles. The van der Waals surface area contributed by atoms with Gasteiger partial charge >= 0.3 is 11.9 Å². The monoisotopic (exact) mass is 356 g/mol. The molecular formula is C19H20N2O5. The van der Waals surface area contributed by atoms with E-state index in [-0.39, 0.29) is 18.1 Å². The zero-order valence-electron chi connectivity index (χ0n) is 14.6. The zero-order valence-corrected chi connectivity index (χ0v) is 14.6. The Morgan fingerprint density at radius 1 is 1.23 bits per heavy atom. The van der Waals surface area contributed by atoms with Crippen LogP contribution in [0, 0.1) is 0 Å². The van der Waals surface area contributed by atoms with E-state index in [1.54, 1.807) is 32.1 Å². The molecule has 2 aromatic rings. The fourth-order valence-electron chi connectivity index (χ4n) is 3.08. The summed E-state index contributed by atoms with van der Waals surface area (Å²) < 4.78 is 10.0. The van der Waals surface area contributed by atoms with Gasteiger partial charge in [0.15, 0.2) is 0 Å². The lowest BCUT2D eigenvalue weighted by Crippen LogP contribution is -2.17. The van der Waals surface area contributed by atoms with E-state index in [9.17, 15) is 14.4 Å². The third-order valence-corrected chi connectivity index (χ3v) is 4.18. The molecule has 1 unspecified atom stereocenters. The lowest BCUT2D eigenvalue weighted by atomic mass is 9.96. The van der Waals surface area contributed by atoms with Gasteiger partial charge in [-0.25, -0.2) is 4.79 Å². The summed E-state index contributed by atoms with van der Waals surface area (Å²) in [6.07, 6.45) is 2.98. The lowest BCUT2D eigenvalue weighted by molar-refractivity contribution is -0.144. The van der Waals surface area contributed by atoms with Crippen LogP contribution in [0.1, 0.15) is 30.9 Å². The maximum atomic E-state index is 12.3. The van der Waals surface area contributed by atoms with Crippen molar-refractivity contribution < 1.29 is 19.1 Å². The fraction of sp³-hybridized carbons (Fsp3) is 0.316. The largest absolute Gasteiger partial charge is 0.465 e. The van der Waals surface area contributed by atoms with Crippen molar-refractivity contribution in [1.29, 1.82) is 0 Å². The number of nitrogens with one attached hydrogen (secondary N) is 2. The van der Waals surface area contributed by atoms with Crippen LogP contribution in [0.3, 0.4) is 0 Å². The standard InChI is InChI=1S/C19H20N2O5/c1-3-25-15(22)8-6-11-5-7-14-12(9-11)16-13(19(24)26-4-2)10-20-17(16)18(23)21-14/h5-9,13,20H,3-4,10H2,1-2H3,(H,21,23)/b8-6+. The first-order chi connectivity index (χ1) is 12.5. The molecule has 0 bridgehead atoms. The highest BCUT2D eigenvalue weighted by molar-refractivity contribution is 5.96. The molecule has 136 valence electrons. The molecule has 1 aromatic carbocycles. The molecule has 2 N–H and O–H groups in total. The first-order valence-corrected chi connectivity index (χ1v) is 8.50. The Bertz CT molecular complexity index is 945. The minimum atomic E-state index is -0.543. The van der Waals surface area contributed by atoms with E-state index in [0.29, 0.717) is 29.9 Å². The van der Waals surface area contributed by atoms with Crippen LogP contribution >= 0.6 is 0 Å². The van der Waals surface area contributed by atoms with Crippen molar-refractivity contribution in [1.82, 2.24) is 4.98 Å². The zero-order chi connectivity index (χ0) is 18.7. The van der Waals surface area contributed by atoms with Crippen LogP contribution in [-0.2, 0) is 19.1 Å². The summed E-state index contributed by atoms with van der Waals surface area (Å²) in [5.41, 5.74) is 2.14. The van der Waals surface area contributed by atoms with Crippen molar-refractivity contribution in [3.8, 4) is 0 Å². The number of hydrogen-bond donors (Lipinski definition) is 2. The quantitative estimate of drug-likeness (QED) is 0.629. The molecule has 7 heteroatoms. The summed E-state index contributed by atoms with van der Waals surface area (Å²) in [5, 5.41) is 3.74. The average molecular weight is 356 g/mol. The van der Waals surface area contributed by atoms with Gasteiger partial charge in [0.05, 0.1) is 13.2 Å². The first-order valence-electron chi connectivity index (χ1n) is 8.50. The van der Waals surface area contributed by atoms with E-state index >= 15 is 0 Å².